The van der Waals surface area contributed by atoms with E-state index >= 15 is 0 Å². The van der Waals surface area contributed by atoms with Gasteiger partial charge in [0.15, 0.2) is 12.0 Å². The van der Waals surface area contributed by atoms with Gasteiger partial charge in [-0.05, 0) is 11.5 Å². The normalized spacial score (nSPS) is 25.7. The molecule has 2 unspecified atom stereocenters. The van der Waals surface area contributed by atoms with Crippen LogP contribution in [0.25, 0.3) is 0 Å². The van der Waals surface area contributed by atoms with Crippen molar-refractivity contribution >= 4 is 23.4 Å². The highest BCUT2D eigenvalue weighted by Gasteiger charge is 2.40. The molecule has 2 atom stereocenters. The minimum atomic E-state index is -0.971. The summed E-state index contributed by atoms with van der Waals surface area (Å²) in [4.78, 5) is 12.7. The predicted molar refractivity (Wildman–Crippen MR) is 52.6 cm³/mol. The summed E-state index contributed by atoms with van der Waals surface area (Å²) < 4.78 is 8.51. The first-order chi connectivity index (χ1) is 7.24. The van der Waals surface area contributed by atoms with E-state index in [4.69, 9.17) is 4.74 Å². The molecule has 1 aromatic rings. The van der Waals surface area contributed by atoms with Gasteiger partial charge >= 0.3 is 6.03 Å². The molecule has 0 bridgehead atoms. The van der Waals surface area contributed by atoms with E-state index in [2.05, 4.69) is 14.9 Å². The maximum atomic E-state index is 11.5. The van der Waals surface area contributed by atoms with Gasteiger partial charge in [0.1, 0.15) is 0 Å². The number of methoxy groups -OCH3 is 1. The summed E-state index contributed by atoms with van der Waals surface area (Å²) in [7, 11) is 1.51. The molecule has 0 aromatic carbocycles. The molecule has 2 amide bonds. The lowest BCUT2D eigenvalue weighted by Gasteiger charge is -2.18. The lowest BCUT2D eigenvalue weighted by atomic mass is 10.3. The Balaban J connectivity index is 2.16. The highest BCUT2D eigenvalue weighted by molar-refractivity contribution is 7.03. The fraction of sp³-hybridized carbons (Fsp3) is 0.571. The predicted octanol–water partition coefficient (Wildman–Crippen LogP) is -0.599. The van der Waals surface area contributed by atoms with Crippen LogP contribution in [0.15, 0.2) is 5.38 Å². The van der Waals surface area contributed by atoms with Gasteiger partial charge in [-0.3, -0.25) is 0 Å². The van der Waals surface area contributed by atoms with E-state index in [9.17, 15) is 9.90 Å². The van der Waals surface area contributed by atoms with Gasteiger partial charge in [0.05, 0.1) is 18.0 Å². The Hall–Kier alpha value is -1.25. The summed E-state index contributed by atoms with van der Waals surface area (Å²) >= 11 is 1.12. The fourth-order valence-corrected chi connectivity index (χ4v) is 1.85. The lowest BCUT2D eigenvalue weighted by Crippen LogP contribution is -2.39. The minimum absolute atomic E-state index is 0.251. The average molecular weight is 230 g/mol. The molecular formula is C7H10N4O3S. The van der Waals surface area contributed by atoms with Gasteiger partial charge in [-0.25, -0.2) is 9.69 Å². The number of aromatic nitrogens is 2. The highest BCUT2D eigenvalue weighted by atomic mass is 32.1. The number of nitrogens with one attached hydrogen (secondary N) is 1. The number of urea groups is 1. The Morgan fingerprint density at radius 2 is 2.60 bits per heavy atom. The molecule has 7 nitrogen and oxygen atoms in total. The Labute approximate surface area is 89.8 Å². The van der Waals surface area contributed by atoms with Crippen LogP contribution in [0.3, 0.4) is 0 Å². The van der Waals surface area contributed by atoms with Crippen LogP contribution in [-0.2, 0) is 4.74 Å². The third kappa shape index (κ3) is 1.78. The molecule has 0 aliphatic carbocycles. The first-order valence-corrected chi connectivity index (χ1v) is 5.11. The summed E-state index contributed by atoms with van der Waals surface area (Å²) in [5.74, 6) is 0.351. The number of aliphatic hydroxyl groups is 1. The van der Waals surface area contributed by atoms with Crippen molar-refractivity contribution in [3.05, 3.63) is 5.38 Å². The fourth-order valence-electron chi connectivity index (χ4n) is 1.41. The molecule has 1 aromatic heterocycles. The van der Waals surface area contributed by atoms with Crippen molar-refractivity contribution < 1.29 is 14.6 Å². The number of aliphatic hydroxyl groups excluding tert-OH is 1. The molecule has 1 aliphatic heterocycles. The summed E-state index contributed by atoms with van der Waals surface area (Å²) in [6.07, 6.45) is -0.971. The van der Waals surface area contributed by atoms with Gasteiger partial charge in [-0.2, -0.15) is 0 Å². The standard InChI is InChI=1S/C7H10N4O3S/c1-14-2-4-6(12)11(7(13)8-4)5-3-15-10-9-5/h3-4,6,12H,2H2,1H3,(H,8,13). The average Bonchev–Trinajstić information content (AvgIpc) is 2.77. The van der Waals surface area contributed by atoms with Gasteiger partial charge in [-0.1, -0.05) is 4.49 Å². The Kier molecular flexibility index (Phi) is 2.80. The number of amides is 2. The largest absolute Gasteiger partial charge is 0.382 e. The van der Waals surface area contributed by atoms with Crippen LogP contribution in [0.1, 0.15) is 0 Å². The van der Waals surface area contributed by atoms with Gasteiger partial charge in [0, 0.05) is 7.11 Å². The van der Waals surface area contributed by atoms with Crippen molar-refractivity contribution in [2.75, 3.05) is 18.6 Å². The van der Waals surface area contributed by atoms with E-state index < -0.39 is 18.3 Å². The van der Waals surface area contributed by atoms with E-state index in [0.29, 0.717) is 5.82 Å². The number of carbonyl (C=O) groups is 1. The van der Waals surface area contributed by atoms with Gasteiger partial charge in [0.25, 0.3) is 0 Å². The second kappa shape index (κ2) is 4.09. The van der Waals surface area contributed by atoms with Crippen LogP contribution >= 0.6 is 11.5 Å². The van der Waals surface area contributed by atoms with E-state index in [-0.39, 0.29) is 6.61 Å². The zero-order valence-electron chi connectivity index (χ0n) is 7.95. The van der Waals surface area contributed by atoms with Crippen molar-refractivity contribution in [2.24, 2.45) is 0 Å². The van der Waals surface area contributed by atoms with Crippen LogP contribution in [0.2, 0.25) is 0 Å². The van der Waals surface area contributed by atoms with Gasteiger partial charge in [0.2, 0.25) is 0 Å². The summed E-state index contributed by atoms with van der Waals surface area (Å²) in [5, 5.41) is 17.7. The third-order valence-corrected chi connectivity index (χ3v) is 2.59. The first kappa shape index (κ1) is 10.3. The minimum Gasteiger partial charge on any atom is -0.382 e. The summed E-state index contributed by atoms with van der Waals surface area (Å²) in [6, 6.07) is -0.832. The molecule has 2 heterocycles. The van der Waals surface area contributed by atoms with Crippen molar-refractivity contribution in [1.29, 1.82) is 0 Å². The number of rotatable bonds is 3. The van der Waals surface area contributed by atoms with E-state index in [1.165, 1.54) is 7.11 Å². The highest BCUT2D eigenvalue weighted by Crippen LogP contribution is 2.20. The zero-order chi connectivity index (χ0) is 10.8. The second-order valence-corrected chi connectivity index (χ2v) is 3.67. The van der Waals surface area contributed by atoms with Gasteiger partial charge in [-0.15, -0.1) is 5.10 Å². The van der Waals surface area contributed by atoms with Crippen molar-refractivity contribution in [2.45, 2.75) is 12.3 Å². The quantitative estimate of drug-likeness (QED) is 0.724. The first-order valence-electron chi connectivity index (χ1n) is 4.28. The SMILES string of the molecule is COCC1NC(=O)N(c2csnn2)C1O. The summed E-state index contributed by atoms with van der Waals surface area (Å²) in [5.41, 5.74) is 0. The van der Waals surface area contributed by atoms with E-state index in [0.717, 1.165) is 16.4 Å². The molecule has 2 rings (SSSR count). The number of hydrogen-bond donors (Lipinski definition) is 2. The van der Waals surface area contributed by atoms with E-state index in [1.807, 2.05) is 0 Å². The molecule has 0 saturated carbocycles. The number of ether oxygens (including phenoxy) is 1. The van der Waals surface area contributed by atoms with Crippen LogP contribution in [0.4, 0.5) is 10.6 Å². The molecular weight excluding hydrogens is 220 g/mol. The van der Waals surface area contributed by atoms with Crippen LogP contribution in [-0.4, -0.2) is 46.7 Å². The third-order valence-electron chi connectivity index (χ3n) is 2.09. The topological polar surface area (TPSA) is 87.6 Å². The van der Waals surface area contributed by atoms with Crippen LogP contribution in [0.5, 0.6) is 0 Å². The zero-order valence-corrected chi connectivity index (χ0v) is 8.77. The molecule has 1 fully saturated rings. The number of anilines is 1. The Morgan fingerprint density at radius 3 is 3.20 bits per heavy atom. The van der Waals surface area contributed by atoms with Crippen molar-refractivity contribution in [3.63, 3.8) is 0 Å². The smallest absolute Gasteiger partial charge is 0.325 e. The van der Waals surface area contributed by atoms with Crippen molar-refractivity contribution in [1.82, 2.24) is 14.9 Å². The molecule has 1 saturated heterocycles. The van der Waals surface area contributed by atoms with Crippen LogP contribution < -0.4 is 10.2 Å². The summed E-state index contributed by atoms with van der Waals surface area (Å²) in [6.45, 7) is 0.251. The number of hydrogen-bond acceptors (Lipinski definition) is 6. The molecule has 82 valence electrons. The molecule has 0 radical (unpaired) electrons. The molecule has 1 aliphatic rings. The van der Waals surface area contributed by atoms with E-state index in [1.54, 1.807) is 5.38 Å². The number of nitrogens with zero attached hydrogens (tertiary/aromatic N) is 3. The molecule has 2 N–H and O–H groups in total. The lowest BCUT2D eigenvalue weighted by molar-refractivity contribution is 0.0969. The molecule has 15 heavy (non-hydrogen) atoms. The van der Waals surface area contributed by atoms with Gasteiger partial charge < -0.3 is 15.2 Å². The maximum absolute atomic E-state index is 11.5. The Morgan fingerprint density at radius 1 is 1.80 bits per heavy atom. The molecule has 0 spiro atoms. The second-order valence-electron chi connectivity index (χ2n) is 3.06. The monoisotopic (exact) mass is 230 g/mol. The van der Waals surface area contributed by atoms with Crippen molar-refractivity contribution in [3.8, 4) is 0 Å². The maximum Gasteiger partial charge on any atom is 0.325 e. The van der Waals surface area contributed by atoms with Crippen LogP contribution in [0, 0.1) is 0 Å². The Bertz CT molecular complexity index is 344. The number of carbonyl (C=O) groups excluding carboxylic acids is 1. The molecule has 8 heteroatoms.